The molecule has 0 aliphatic carbocycles. The Morgan fingerprint density at radius 3 is 2.24 bits per heavy atom. The summed E-state index contributed by atoms with van der Waals surface area (Å²) in [5, 5.41) is 2.16. The van der Waals surface area contributed by atoms with Crippen LogP contribution in [0.2, 0.25) is 0 Å². The Kier molecular flexibility index (Phi) is 6.36. The van der Waals surface area contributed by atoms with Crippen LogP contribution in [0.4, 0.5) is 0 Å². The molecule has 2 aromatic carbocycles. The SMILES string of the molecule is C=CC[NH2+]CCOc1ccc(OCc2ccccc2)cc1. The van der Waals surface area contributed by atoms with E-state index in [1.807, 2.05) is 48.5 Å². The van der Waals surface area contributed by atoms with Crippen LogP contribution in [0.15, 0.2) is 67.3 Å². The van der Waals surface area contributed by atoms with Crippen LogP contribution in [0.1, 0.15) is 5.56 Å². The highest BCUT2D eigenvalue weighted by atomic mass is 16.5. The standard InChI is InChI=1S/C18H21NO2/c1-2-12-19-13-14-20-17-8-10-18(11-9-17)21-15-16-6-4-3-5-7-16/h2-11,19H,1,12-15H2/p+1. The minimum Gasteiger partial charge on any atom is -0.489 e. The van der Waals surface area contributed by atoms with Crippen LogP contribution >= 0.6 is 0 Å². The third kappa shape index (κ3) is 5.71. The van der Waals surface area contributed by atoms with Crippen molar-refractivity contribution in [1.82, 2.24) is 0 Å². The summed E-state index contributed by atoms with van der Waals surface area (Å²) in [5.74, 6) is 1.72. The van der Waals surface area contributed by atoms with E-state index in [2.05, 4.69) is 24.0 Å². The Labute approximate surface area is 126 Å². The number of ether oxygens (including phenoxy) is 2. The number of nitrogens with two attached hydrogens (primary N) is 1. The molecule has 2 N–H and O–H groups in total. The molecule has 0 amide bonds. The zero-order valence-electron chi connectivity index (χ0n) is 12.2. The Bertz CT molecular complexity index is 523. The predicted octanol–water partition coefficient (Wildman–Crippen LogP) is 2.39. The summed E-state index contributed by atoms with van der Waals surface area (Å²) < 4.78 is 11.4. The van der Waals surface area contributed by atoms with E-state index in [4.69, 9.17) is 9.47 Å². The fraction of sp³-hybridized carbons (Fsp3) is 0.222. The minimum absolute atomic E-state index is 0.581. The summed E-state index contributed by atoms with van der Waals surface area (Å²) in [4.78, 5) is 0. The van der Waals surface area contributed by atoms with Gasteiger partial charge in [0.25, 0.3) is 0 Å². The highest BCUT2D eigenvalue weighted by Gasteiger charge is 1.98. The molecule has 0 aliphatic heterocycles. The van der Waals surface area contributed by atoms with Gasteiger partial charge in [0.15, 0.2) is 0 Å². The number of hydrogen-bond donors (Lipinski definition) is 1. The zero-order chi connectivity index (χ0) is 14.8. The molecule has 2 rings (SSSR count). The first-order valence-electron chi connectivity index (χ1n) is 7.20. The van der Waals surface area contributed by atoms with E-state index in [-0.39, 0.29) is 0 Å². The second kappa shape index (κ2) is 8.82. The zero-order valence-corrected chi connectivity index (χ0v) is 12.2. The summed E-state index contributed by atoms with van der Waals surface area (Å²) >= 11 is 0. The molecule has 21 heavy (non-hydrogen) atoms. The van der Waals surface area contributed by atoms with E-state index in [1.54, 1.807) is 0 Å². The number of benzene rings is 2. The van der Waals surface area contributed by atoms with Gasteiger partial charge >= 0.3 is 0 Å². The van der Waals surface area contributed by atoms with Crippen molar-refractivity contribution in [2.45, 2.75) is 6.61 Å². The molecule has 3 nitrogen and oxygen atoms in total. The average molecular weight is 284 g/mol. The normalized spacial score (nSPS) is 10.1. The van der Waals surface area contributed by atoms with Crippen molar-refractivity contribution < 1.29 is 14.8 Å². The second-order valence-electron chi connectivity index (χ2n) is 4.70. The molecule has 110 valence electrons. The van der Waals surface area contributed by atoms with Crippen LogP contribution in [0.3, 0.4) is 0 Å². The number of quaternary nitrogens is 1. The first kappa shape index (κ1) is 15.1. The van der Waals surface area contributed by atoms with Crippen molar-refractivity contribution in [3.63, 3.8) is 0 Å². The largest absolute Gasteiger partial charge is 0.489 e. The van der Waals surface area contributed by atoms with Crippen molar-refractivity contribution in [2.24, 2.45) is 0 Å². The van der Waals surface area contributed by atoms with E-state index >= 15 is 0 Å². The van der Waals surface area contributed by atoms with Crippen LogP contribution in [0.5, 0.6) is 11.5 Å². The summed E-state index contributed by atoms with van der Waals surface area (Å²) in [6.07, 6.45) is 1.89. The van der Waals surface area contributed by atoms with Crippen molar-refractivity contribution in [2.75, 3.05) is 19.7 Å². The highest BCUT2D eigenvalue weighted by Crippen LogP contribution is 2.18. The third-order valence-corrected chi connectivity index (χ3v) is 3.00. The van der Waals surface area contributed by atoms with Gasteiger partial charge in [-0.1, -0.05) is 36.9 Å². The van der Waals surface area contributed by atoms with Gasteiger partial charge in [0, 0.05) is 0 Å². The maximum absolute atomic E-state index is 5.73. The van der Waals surface area contributed by atoms with Crippen LogP contribution in [-0.4, -0.2) is 19.7 Å². The molecular weight excluding hydrogens is 262 g/mol. The van der Waals surface area contributed by atoms with Gasteiger partial charge in [-0.2, -0.15) is 0 Å². The van der Waals surface area contributed by atoms with Gasteiger partial charge in [-0.3, -0.25) is 0 Å². The lowest BCUT2D eigenvalue weighted by Gasteiger charge is -2.08. The van der Waals surface area contributed by atoms with E-state index in [0.717, 1.165) is 30.2 Å². The maximum atomic E-state index is 5.73. The van der Waals surface area contributed by atoms with Crippen molar-refractivity contribution >= 4 is 0 Å². The molecule has 0 saturated heterocycles. The molecule has 0 unspecified atom stereocenters. The van der Waals surface area contributed by atoms with Crippen molar-refractivity contribution in [3.8, 4) is 11.5 Å². The summed E-state index contributed by atoms with van der Waals surface area (Å²) in [6, 6.07) is 17.9. The summed E-state index contributed by atoms with van der Waals surface area (Å²) in [7, 11) is 0. The topological polar surface area (TPSA) is 35.1 Å². The van der Waals surface area contributed by atoms with Crippen LogP contribution in [-0.2, 0) is 6.61 Å². The Balaban J connectivity index is 1.72. The minimum atomic E-state index is 0.581. The summed E-state index contributed by atoms with van der Waals surface area (Å²) in [6.45, 7) is 6.81. The fourth-order valence-corrected chi connectivity index (χ4v) is 1.87. The monoisotopic (exact) mass is 284 g/mol. The van der Waals surface area contributed by atoms with E-state index in [1.165, 1.54) is 0 Å². The van der Waals surface area contributed by atoms with Crippen LogP contribution in [0.25, 0.3) is 0 Å². The Hall–Kier alpha value is -2.26. The fourth-order valence-electron chi connectivity index (χ4n) is 1.87. The smallest absolute Gasteiger partial charge is 0.137 e. The van der Waals surface area contributed by atoms with Gasteiger partial charge < -0.3 is 14.8 Å². The van der Waals surface area contributed by atoms with Gasteiger partial charge in [-0.25, -0.2) is 0 Å². The first-order chi connectivity index (χ1) is 10.4. The molecule has 0 spiro atoms. The lowest BCUT2D eigenvalue weighted by atomic mass is 10.2. The lowest BCUT2D eigenvalue weighted by Crippen LogP contribution is -2.85. The molecule has 0 heterocycles. The average Bonchev–Trinajstić information content (AvgIpc) is 2.55. The summed E-state index contributed by atoms with van der Waals surface area (Å²) in [5.41, 5.74) is 1.16. The maximum Gasteiger partial charge on any atom is 0.137 e. The first-order valence-corrected chi connectivity index (χ1v) is 7.20. The predicted molar refractivity (Wildman–Crippen MR) is 84.6 cm³/mol. The van der Waals surface area contributed by atoms with Gasteiger partial charge in [-0.15, -0.1) is 0 Å². The van der Waals surface area contributed by atoms with Gasteiger partial charge in [-0.05, 0) is 35.9 Å². The van der Waals surface area contributed by atoms with Crippen LogP contribution < -0.4 is 14.8 Å². The lowest BCUT2D eigenvalue weighted by molar-refractivity contribution is -0.646. The quantitative estimate of drug-likeness (QED) is 0.567. The molecule has 0 fully saturated rings. The van der Waals surface area contributed by atoms with E-state index < -0.39 is 0 Å². The molecule has 0 radical (unpaired) electrons. The van der Waals surface area contributed by atoms with E-state index in [9.17, 15) is 0 Å². The van der Waals surface area contributed by atoms with Crippen molar-refractivity contribution in [1.29, 1.82) is 0 Å². The Morgan fingerprint density at radius 1 is 0.905 bits per heavy atom. The molecule has 0 aromatic heterocycles. The van der Waals surface area contributed by atoms with Gasteiger partial charge in [0.1, 0.15) is 31.3 Å². The third-order valence-electron chi connectivity index (χ3n) is 3.00. The second-order valence-corrected chi connectivity index (χ2v) is 4.70. The molecule has 0 atom stereocenters. The molecule has 3 heteroatoms. The number of hydrogen-bond acceptors (Lipinski definition) is 2. The van der Waals surface area contributed by atoms with Crippen molar-refractivity contribution in [3.05, 3.63) is 72.8 Å². The van der Waals surface area contributed by atoms with Crippen LogP contribution in [0, 0.1) is 0 Å². The van der Waals surface area contributed by atoms with Gasteiger partial charge in [0.05, 0.1) is 6.54 Å². The molecule has 0 bridgehead atoms. The highest BCUT2D eigenvalue weighted by molar-refractivity contribution is 5.31. The Morgan fingerprint density at radius 2 is 1.57 bits per heavy atom. The molecule has 2 aromatic rings. The number of rotatable bonds is 9. The van der Waals surface area contributed by atoms with E-state index in [0.29, 0.717) is 13.2 Å². The molecular formula is C18H22NO2+. The van der Waals surface area contributed by atoms with Gasteiger partial charge in [0.2, 0.25) is 0 Å². The molecule has 0 aliphatic rings. The molecule has 0 saturated carbocycles.